The number of hydrogen-bond acceptors (Lipinski definition) is 2. The Kier molecular flexibility index (Phi) is 3.17. The van der Waals surface area contributed by atoms with Crippen LogP contribution in [-0.4, -0.2) is 10.9 Å². The minimum Gasteiger partial charge on any atom is -0.310 e. The summed E-state index contributed by atoms with van der Waals surface area (Å²) in [7, 11) is 0. The van der Waals surface area contributed by atoms with Gasteiger partial charge in [0.25, 0.3) is 0 Å². The largest absolute Gasteiger partial charge is 0.310 e. The first-order valence-corrected chi connectivity index (χ1v) is 5.60. The van der Waals surface area contributed by atoms with E-state index in [-0.39, 0.29) is 11.8 Å². The van der Waals surface area contributed by atoms with Crippen LogP contribution >= 0.6 is 0 Å². The number of amides is 1. The van der Waals surface area contributed by atoms with Crippen molar-refractivity contribution in [2.24, 2.45) is 11.8 Å². The molecule has 1 saturated carbocycles. The van der Waals surface area contributed by atoms with Crippen molar-refractivity contribution in [2.45, 2.75) is 26.2 Å². The quantitative estimate of drug-likeness (QED) is 0.781. The van der Waals surface area contributed by atoms with E-state index in [9.17, 15) is 9.18 Å². The molecule has 3 nitrogen and oxygen atoms in total. The van der Waals surface area contributed by atoms with Gasteiger partial charge in [0.2, 0.25) is 11.9 Å². The molecule has 0 spiro atoms. The Balaban J connectivity index is 2.02. The molecule has 1 amide bonds. The number of anilines is 1. The third-order valence-electron chi connectivity index (χ3n) is 3.16. The van der Waals surface area contributed by atoms with Crippen LogP contribution in [-0.2, 0) is 4.79 Å². The lowest BCUT2D eigenvalue weighted by Gasteiger charge is -2.14. The van der Waals surface area contributed by atoms with Crippen LogP contribution in [0.5, 0.6) is 0 Å². The zero-order chi connectivity index (χ0) is 11.5. The fraction of sp³-hybridized carbons (Fsp3) is 0.500. The van der Waals surface area contributed by atoms with E-state index in [2.05, 4.69) is 17.2 Å². The Morgan fingerprint density at radius 1 is 1.50 bits per heavy atom. The molecule has 2 atom stereocenters. The molecule has 16 heavy (non-hydrogen) atoms. The molecule has 1 N–H and O–H groups in total. The normalized spacial score (nSPS) is 24.4. The molecule has 1 aliphatic rings. The number of halogens is 1. The topological polar surface area (TPSA) is 42.0 Å². The second-order valence-corrected chi connectivity index (χ2v) is 4.35. The van der Waals surface area contributed by atoms with E-state index in [4.69, 9.17) is 0 Å². The summed E-state index contributed by atoms with van der Waals surface area (Å²) in [5.74, 6) is 0.142. The minimum atomic E-state index is -0.572. The van der Waals surface area contributed by atoms with Crippen molar-refractivity contribution >= 4 is 11.7 Å². The molecule has 0 radical (unpaired) electrons. The molecule has 1 heterocycles. The highest BCUT2D eigenvalue weighted by Crippen LogP contribution is 2.31. The Labute approximate surface area is 94.1 Å². The van der Waals surface area contributed by atoms with E-state index in [0.29, 0.717) is 11.7 Å². The molecular formula is C12H15FN2O. The summed E-state index contributed by atoms with van der Waals surface area (Å²) in [4.78, 5) is 15.5. The minimum absolute atomic E-state index is 0.0388. The monoisotopic (exact) mass is 222 g/mol. The van der Waals surface area contributed by atoms with Crippen LogP contribution in [0.25, 0.3) is 0 Å². The van der Waals surface area contributed by atoms with Gasteiger partial charge in [-0.2, -0.15) is 4.39 Å². The summed E-state index contributed by atoms with van der Waals surface area (Å²) in [5, 5.41) is 2.67. The van der Waals surface area contributed by atoms with E-state index in [1.165, 1.54) is 12.1 Å². The summed E-state index contributed by atoms with van der Waals surface area (Å²) in [6.45, 7) is 2.08. The highest BCUT2D eigenvalue weighted by atomic mass is 19.1. The smallest absolute Gasteiger partial charge is 0.228 e. The Morgan fingerprint density at radius 2 is 2.31 bits per heavy atom. The summed E-state index contributed by atoms with van der Waals surface area (Å²) >= 11 is 0. The predicted octanol–water partition coefficient (Wildman–Crippen LogP) is 2.60. The first-order chi connectivity index (χ1) is 7.66. The Morgan fingerprint density at radius 3 is 2.94 bits per heavy atom. The maximum absolute atomic E-state index is 12.8. The molecule has 1 fully saturated rings. The highest BCUT2D eigenvalue weighted by molar-refractivity contribution is 5.91. The maximum Gasteiger partial charge on any atom is 0.228 e. The number of aromatic nitrogens is 1. The van der Waals surface area contributed by atoms with Gasteiger partial charge in [0.1, 0.15) is 5.82 Å². The Hall–Kier alpha value is -1.45. The van der Waals surface area contributed by atoms with E-state index in [1.54, 1.807) is 6.07 Å². The number of nitrogens with zero attached hydrogens (tertiary/aromatic N) is 1. The summed E-state index contributed by atoms with van der Waals surface area (Å²) in [6, 6.07) is 4.39. The number of carbonyl (C=O) groups excluding carboxylic acids is 1. The second kappa shape index (κ2) is 4.60. The molecule has 0 saturated heterocycles. The van der Waals surface area contributed by atoms with Gasteiger partial charge in [0.05, 0.1) is 0 Å². The molecule has 1 aliphatic carbocycles. The average molecular weight is 222 g/mol. The van der Waals surface area contributed by atoms with Crippen molar-refractivity contribution in [1.29, 1.82) is 0 Å². The molecule has 86 valence electrons. The summed E-state index contributed by atoms with van der Waals surface area (Å²) in [5.41, 5.74) is 0. The lowest BCUT2D eigenvalue weighted by atomic mass is 9.97. The summed E-state index contributed by atoms with van der Waals surface area (Å²) < 4.78 is 12.8. The average Bonchev–Trinajstić information content (AvgIpc) is 2.64. The van der Waals surface area contributed by atoms with Gasteiger partial charge < -0.3 is 5.32 Å². The Bertz CT molecular complexity index is 394. The van der Waals surface area contributed by atoms with Crippen molar-refractivity contribution in [2.75, 3.05) is 5.32 Å². The number of nitrogens with one attached hydrogen (secondary N) is 1. The zero-order valence-electron chi connectivity index (χ0n) is 9.24. The first-order valence-electron chi connectivity index (χ1n) is 5.60. The van der Waals surface area contributed by atoms with E-state index >= 15 is 0 Å². The third-order valence-corrected chi connectivity index (χ3v) is 3.16. The SMILES string of the molecule is CC1CCCC1C(=O)Nc1cccc(F)n1. The molecule has 0 bridgehead atoms. The van der Waals surface area contributed by atoms with Gasteiger partial charge in [-0.1, -0.05) is 19.4 Å². The van der Waals surface area contributed by atoms with Crippen LogP contribution in [0.2, 0.25) is 0 Å². The highest BCUT2D eigenvalue weighted by Gasteiger charge is 2.29. The molecule has 1 aromatic rings. The number of hydrogen-bond donors (Lipinski definition) is 1. The second-order valence-electron chi connectivity index (χ2n) is 4.35. The molecule has 4 heteroatoms. The van der Waals surface area contributed by atoms with Gasteiger partial charge in [0, 0.05) is 5.92 Å². The van der Waals surface area contributed by atoms with Crippen molar-refractivity contribution < 1.29 is 9.18 Å². The van der Waals surface area contributed by atoms with Crippen LogP contribution < -0.4 is 5.32 Å². The fourth-order valence-electron chi connectivity index (χ4n) is 2.23. The van der Waals surface area contributed by atoms with E-state index < -0.39 is 5.95 Å². The summed E-state index contributed by atoms with van der Waals surface area (Å²) in [6.07, 6.45) is 3.10. The molecule has 2 unspecified atom stereocenters. The maximum atomic E-state index is 12.8. The van der Waals surface area contributed by atoms with Gasteiger partial charge >= 0.3 is 0 Å². The van der Waals surface area contributed by atoms with Crippen molar-refractivity contribution in [3.8, 4) is 0 Å². The molecule has 0 aromatic carbocycles. The van der Waals surface area contributed by atoms with Crippen LogP contribution in [0.15, 0.2) is 18.2 Å². The molecule has 1 aromatic heterocycles. The van der Waals surface area contributed by atoms with Crippen molar-refractivity contribution in [3.05, 3.63) is 24.1 Å². The van der Waals surface area contributed by atoms with Gasteiger partial charge in [-0.15, -0.1) is 0 Å². The van der Waals surface area contributed by atoms with Crippen LogP contribution in [0, 0.1) is 17.8 Å². The predicted molar refractivity (Wildman–Crippen MR) is 59.3 cm³/mol. The van der Waals surface area contributed by atoms with Gasteiger partial charge in [-0.25, -0.2) is 4.98 Å². The molecule has 2 rings (SSSR count). The third kappa shape index (κ3) is 2.38. The number of rotatable bonds is 2. The van der Waals surface area contributed by atoms with E-state index in [0.717, 1.165) is 19.3 Å². The molecular weight excluding hydrogens is 207 g/mol. The lowest BCUT2D eigenvalue weighted by Crippen LogP contribution is -2.25. The van der Waals surface area contributed by atoms with Gasteiger partial charge in [0.15, 0.2) is 0 Å². The number of carbonyl (C=O) groups is 1. The van der Waals surface area contributed by atoms with Crippen molar-refractivity contribution in [1.82, 2.24) is 4.98 Å². The standard InChI is InChI=1S/C12H15FN2O/c1-8-4-2-5-9(8)12(16)15-11-7-3-6-10(13)14-11/h3,6-9H,2,4-5H2,1H3,(H,14,15,16). The zero-order valence-corrected chi connectivity index (χ0v) is 9.24. The first kappa shape index (κ1) is 11.0. The van der Waals surface area contributed by atoms with Crippen molar-refractivity contribution in [3.63, 3.8) is 0 Å². The van der Waals surface area contributed by atoms with E-state index in [1.807, 2.05) is 0 Å². The fourth-order valence-corrected chi connectivity index (χ4v) is 2.23. The van der Waals surface area contributed by atoms with Crippen LogP contribution in [0.4, 0.5) is 10.2 Å². The lowest BCUT2D eigenvalue weighted by molar-refractivity contribution is -0.120. The van der Waals surface area contributed by atoms with Gasteiger partial charge in [-0.3, -0.25) is 4.79 Å². The molecule has 0 aliphatic heterocycles. The number of pyridine rings is 1. The van der Waals surface area contributed by atoms with Gasteiger partial charge in [-0.05, 0) is 30.9 Å². The van der Waals surface area contributed by atoms with Crippen LogP contribution in [0.1, 0.15) is 26.2 Å². The van der Waals surface area contributed by atoms with Crippen LogP contribution in [0.3, 0.4) is 0 Å².